The molecule has 1 heterocycles. The number of rotatable bonds is 7. The minimum Gasteiger partial charge on any atom is -0.452 e. The van der Waals surface area contributed by atoms with Crippen LogP contribution in [0.1, 0.15) is 34.8 Å². The molecule has 4 rings (SSSR count). The molecule has 166 valence electrons. The van der Waals surface area contributed by atoms with E-state index < -0.39 is 28.9 Å². The third-order valence-corrected chi connectivity index (χ3v) is 4.73. The molecule has 0 radical (unpaired) electrons. The fraction of sp³-hybridized carbons (Fsp3) is 0.182. The first-order valence-electron chi connectivity index (χ1n) is 9.40. The molecule has 0 saturated heterocycles. The van der Waals surface area contributed by atoms with E-state index in [0.29, 0.717) is 5.69 Å². The van der Waals surface area contributed by atoms with Crippen LogP contribution in [0.4, 0.5) is 17.6 Å². The Morgan fingerprint density at radius 2 is 1.69 bits per heavy atom. The molecular formula is C22H14ClF4NO4. The summed E-state index contributed by atoms with van der Waals surface area (Å²) in [7, 11) is 0. The van der Waals surface area contributed by atoms with Gasteiger partial charge in [0.05, 0.1) is 5.56 Å². The summed E-state index contributed by atoms with van der Waals surface area (Å²) >= 11 is 5.61. The number of alkyl halides is 3. The molecule has 0 amide bonds. The van der Waals surface area contributed by atoms with Gasteiger partial charge in [0.25, 0.3) is 5.24 Å². The molecule has 1 aliphatic carbocycles. The summed E-state index contributed by atoms with van der Waals surface area (Å²) in [5, 5.41) is -0.863. The monoisotopic (exact) mass is 467 g/mol. The predicted molar refractivity (Wildman–Crippen MR) is 106 cm³/mol. The summed E-state index contributed by atoms with van der Waals surface area (Å²) in [6, 6.07) is 11.1. The lowest BCUT2D eigenvalue weighted by molar-refractivity contribution is -0.275. The largest absolute Gasteiger partial charge is 0.573 e. The van der Waals surface area contributed by atoms with Gasteiger partial charge in [0.2, 0.25) is 11.6 Å². The maximum absolute atomic E-state index is 15.0. The standard InChI is InChI=1S/C22H14ClF4NO4/c23-21(29)14-11-28-15(12-6-7-12)10-18(14)31-17-9-8-16(32-22(25,26)27)19(24)20(17)30-13-4-2-1-3-5-13/h1-5,8-12H,6-7H2. The van der Waals surface area contributed by atoms with Crippen molar-refractivity contribution in [2.45, 2.75) is 25.1 Å². The normalized spacial score (nSPS) is 13.5. The van der Waals surface area contributed by atoms with E-state index in [9.17, 15) is 22.4 Å². The smallest absolute Gasteiger partial charge is 0.452 e. The number of pyridine rings is 1. The van der Waals surface area contributed by atoms with Gasteiger partial charge in [-0.1, -0.05) is 18.2 Å². The predicted octanol–water partition coefficient (Wildman–Crippen LogP) is 6.96. The van der Waals surface area contributed by atoms with Crippen molar-refractivity contribution in [3.63, 3.8) is 0 Å². The van der Waals surface area contributed by atoms with E-state index in [-0.39, 0.29) is 28.7 Å². The third-order valence-electron chi connectivity index (χ3n) is 4.53. The lowest BCUT2D eigenvalue weighted by atomic mass is 10.2. The van der Waals surface area contributed by atoms with E-state index in [2.05, 4.69) is 9.72 Å². The molecule has 0 unspecified atom stereocenters. The first-order valence-corrected chi connectivity index (χ1v) is 9.78. The van der Waals surface area contributed by atoms with Gasteiger partial charge < -0.3 is 14.2 Å². The van der Waals surface area contributed by atoms with Gasteiger partial charge in [0.1, 0.15) is 11.5 Å². The van der Waals surface area contributed by atoms with Crippen LogP contribution in [-0.2, 0) is 0 Å². The Morgan fingerprint density at radius 1 is 1.00 bits per heavy atom. The van der Waals surface area contributed by atoms with Crippen LogP contribution < -0.4 is 14.2 Å². The summed E-state index contributed by atoms with van der Waals surface area (Å²) in [4.78, 5) is 16.0. The molecule has 1 aliphatic rings. The third kappa shape index (κ3) is 5.11. The second-order valence-corrected chi connectivity index (χ2v) is 7.27. The molecule has 0 bridgehead atoms. The van der Waals surface area contributed by atoms with E-state index in [1.807, 2.05) is 0 Å². The van der Waals surface area contributed by atoms with Crippen molar-refractivity contribution in [1.82, 2.24) is 4.98 Å². The number of nitrogens with zero attached hydrogens (tertiary/aromatic N) is 1. The number of halogens is 5. The molecule has 32 heavy (non-hydrogen) atoms. The number of benzene rings is 2. The second-order valence-electron chi connectivity index (χ2n) is 6.92. The highest BCUT2D eigenvalue weighted by atomic mass is 35.5. The van der Waals surface area contributed by atoms with E-state index in [4.69, 9.17) is 21.1 Å². The zero-order valence-electron chi connectivity index (χ0n) is 16.2. The Hall–Kier alpha value is -3.33. The van der Waals surface area contributed by atoms with Gasteiger partial charge in [0.15, 0.2) is 11.5 Å². The zero-order valence-corrected chi connectivity index (χ0v) is 16.9. The van der Waals surface area contributed by atoms with Crippen molar-refractivity contribution in [2.75, 3.05) is 0 Å². The Morgan fingerprint density at radius 3 is 2.31 bits per heavy atom. The van der Waals surface area contributed by atoms with Gasteiger partial charge >= 0.3 is 6.36 Å². The molecule has 0 aliphatic heterocycles. The van der Waals surface area contributed by atoms with Crippen molar-refractivity contribution in [2.24, 2.45) is 0 Å². The highest BCUT2D eigenvalue weighted by Crippen LogP contribution is 2.45. The topological polar surface area (TPSA) is 57.7 Å². The van der Waals surface area contributed by atoms with Crippen LogP contribution in [0.25, 0.3) is 0 Å². The van der Waals surface area contributed by atoms with Crippen molar-refractivity contribution < 1.29 is 36.6 Å². The van der Waals surface area contributed by atoms with Crippen LogP contribution in [0.5, 0.6) is 28.7 Å². The van der Waals surface area contributed by atoms with Crippen molar-refractivity contribution >= 4 is 16.8 Å². The Kier molecular flexibility index (Phi) is 5.92. The van der Waals surface area contributed by atoms with Crippen molar-refractivity contribution in [3.8, 4) is 28.7 Å². The highest BCUT2D eigenvalue weighted by molar-refractivity contribution is 6.68. The maximum atomic E-state index is 15.0. The van der Waals surface area contributed by atoms with Gasteiger partial charge in [-0.25, -0.2) is 0 Å². The molecule has 5 nitrogen and oxygen atoms in total. The number of aromatic nitrogens is 1. The van der Waals surface area contributed by atoms with Gasteiger partial charge in [-0.05, 0) is 48.7 Å². The fourth-order valence-electron chi connectivity index (χ4n) is 2.91. The summed E-state index contributed by atoms with van der Waals surface area (Å²) < 4.78 is 67.9. The van der Waals surface area contributed by atoms with Crippen molar-refractivity contribution in [3.05, 3.63) is 71.8 Å². The Bertz CT molecular complexity index is 1150. The molecule has 0 spiro atoms. The van der Waals surface area contributed by atoms with E-state index in [1.54, 1.807) is 18.2 Å². The molecule has 1 aromatic heterocycles. The lowest BCUT2D eigenvalue weighted by Crippen LogP contribution is -2.18. The number of hydrogen-bond acceptors (Lipinski definition) is 5. The van der Waals surface area contributed by atoms with Crippen LogP contribution in [0.2, 0.25) is 0 Å². The molecular weight excluding hydrogens is 454 g/mol. The zero-order chi connectivity index (χ0) is 22.9. The average molecular weight is 468 g/mol. The minimum atomic E-state index is -5.12. The first-order chi connectivity index (χ1) is 15.2. The van der Waals surface area contributed by atoms with Crippen LogP contribution >= 0.6 is 11.6 Å². The fourth-order valence-corrected chi connectivity index (χ4v) is 3.05. The average Bonchev–Trinajstić information content (AvgIpc) is 3.58. The van der Waals surface area contributed by atoms with E-state index in [1.165, 1.54) is 24.4 Å². The molecule has 3 aromatic rings. The van der Waals surface area contributed by atoms with Gasteiger partial charge in [-0.15, -0.1) is 13.2 Å². The first kappa shape index (κ1) is 21.9. The highest BCUT2D eigenvalue weighted by Gasteiger charge is 2.34. The number of carbonyl (C=O) groups excluding carboxylic acids is 1. The van der Waals surface area contributed by atoms with Crippen LogP contribution in [0.15, 0.2) is 54.7 Å². The lowest BCUT2D eigenvalue weighted by Gasteiger charge is -2.17. The minimum absolute atomic E-state index is 0.0244. The SMILES string of the molecule is O=C(Cl)c1cnc(C2CC2)cc1Oc1ccc(OC(F)(F)F)c(F)c1Oc1ccccc1. The maximum Gasteiger partial charge on any atom is 0.573 e. The van der Waals surface area contributed by atoms with Crippen LogP contribution in [0, 0.1) is 5.82 Å². The molecule has 1 saturated carbocycles. The number of para-hydroxylation sites is 1. The van der Waals surface area contributed by atoms with E-state index in [0.717, 1.165) is 25.0 Å². The van der Waals surface area contributed by atoms with Gasteiger partial charge in [0, 0.05) is 23.9 Å². The molecule has 2 aromatic carbocycles. The summed E-state index contributed by atoms with van der Waals surface area (Å²) in [6.45, 7) is 0. The van der Waals surface area contributed by atoms with Crippen LogP contribution in [-0.4, -0.2) is 16.6 Å². The number of hydrogen-bond donors (Lipinski definition) is 0. The summed E-state index contributed by atoms with van der Waals surface area (Å²) in [6.07, 6.45) is -2.04. The Balaban J connectivity index is 1.77. The van der Waals surface area contributed by atoms with E-state index >= 15 is 0 Å². The van der Waals surface area contributed by atoms with Crippen LogP contribution in [0.3, 0.4) is 0 Å². The molecule has 0 atom stereocenters. The second kappa shape index (κ2) is 8.66. The summed E-state index contributed by atoms with van der Waals surface area (Å²) in [5.74, 6) is -3.15. The van der Waals surface area contributed by atoms with Crippen molar-refractivity contribution in [1.29, 1.82) is 0 Å². The van der Waals surface area contributed by atoms with Gasteiger partial charge in [-0.3, -0.25) is 9.78 Å². The molecule has 0 N–H and O–H groups in total. The summed E-state index contributed by atoms with van der Waals surface area (Å²) in [5.41, 5.74) is 0.572. The number of carbonyl (C=O) groups is 1. The molecule has 1 fully saturated rings. The quantitative estimate of drug-likeness (QED) is 0.278. The molecule has 10 heteroatoms. The van der Waals surface area contributed by atoms with Gasteiger partial charge in [-0.2, -0.15) is 4.39 Å². The number of ether oxygens (including phenoxy) is 3. The Labute approximate surface area is 184 Å².